The fraction of sp³-hybridized carbons (Fsp3) is 0.118. The van der Waals surface area contributed by atoms with E-state index in [4.69, 9.17) is 5.11 Å². The molecule has 0 aromatic heterocycles. The summed E-state index contributed by atoms with van der Waals surface area (Å²) in [6.07, 6.45) is -0.259. The minimum absolute atomic E-state index is 0.0138. The molecule has 0 bridgehead atoms. The molecule has 26 heavy (non-hydrogen) atoms. The van der Waals surface area contributed by atoms with Gasteiger partial charge < -0.3 is 15.5 Å². The lowest BCUT2D eigenvalue weighted by molar-refractivity contribution is -0.139. The lowest BCUT2D eigenvalue weighted by atomic mass is 10.0. The second kappa shape index (κ2) is 7.68. The van der Waals surface area contributed by atoms with Crippen LogP contribution < -0.4 is 5.32 Å². The predicted octanol–water partition coefficient (Wildman–Crippen LogP) is 2.23. The molecule has 6 nitrogen and oxygen atoms in total. The average Bonchev–Trinajstić information content (AvgIpc) is 2.53. The van der Waals surface area contributed by atoms with Crippen LogP contribution in [-0.4, -0.2) is 34.1 Å². The molecule has 3 N–H and O–H groups in total. The Labute approximate surface area is 144 Å². The van der Waals surface area contributed by atoms with E-state index >= 15 is 0 Å². The van der Waals surface area contributed by atoms with E-state index in [1.165, 1.54) is 24.3 Å². The zero-order valence-electron chi connectivity index (χ0n) is 13.0. The smallest absolute Gasteiger partial charge is 0.335 e. The summed E-state index contributed by atoms with van der Waals surface area (Å²) in [7, 11) is 0. The third-order valence-corrected chi connectivity index (χ3v) is 3.48. The van der Waals surface area contributed by atoms with Gasteiger partial charge in [0.15, 0.2) is 0 Å². The van der Waals surface area contributed by atoms with E-state index in [9.17, 15) is 32.7 Å². The Morgan fingerprint density at radius 1 is 0.962 bits per heavy atom. The van der Waals surface area contributed by atoms with Crippen LogP contribution in [0.15, 0.2) is 36.4 Å². The van der Waals surface area contributed by atoms with E-state index in [-0.39, 0.29) is 12.0 Å². The molecular weight excluding hydrogens is 355 g/mol. The minimum atomic E-state index is -1.54. The van der Waals surface area contributed by atoms with Crippen LogP contribution in [0.5, 0.6) is 0 Å². The van der Waals surface area contributed by atoms with E-state index < -0.39 is 46.9 Å². The molecule has 2 rings (SSSR count). The molecule has 0 spiro atoms. The van der Waals surface area contributed by atoms with Gasteiger partial charge in [0.25, 0.3) is 5.91 Å². The number of hydrogen-bond donors (Lipinski definition) is 3. The van der Waals surface area contributed by atoms with Crippen molar-refractivity contribution in [2.24, 2.45) is 0 Å². The van der Waals surface area contributed by atoms with Gasteiger partial charge in [0, 0.05) is 18.6 Å². The molecular formula is C17H12F3NO5. The molecule has 0 saturated heterocycles. The molecule has 0 aliphatic carbocycles. The maximum absolute atomic E-state index is 13.6. The van der Waals surface area contributed by atoms with Crippen LogP contribution in [-0.2, 0) is 11.2 Å². The predicted molar refractivity (Wildman–Crippen MR) is 82.3 cm³/mol. The lowest BCUT2D eigenvalue weighted by Gasteiger charge is -2.15. The number of carbonyl (C=O) groups excluding carboxylic acids is 1. The molecule has 0 aliphatic rings. The van der Waals surface area contributed by atoms with Crippen molar-refractivity contribution in [1.29, 1.82) is 0 Å². The summed E-state index contributed by atoms with van der Waals surface area (Å²) >= 11 is 0. The first-order valence-electron chi connectivity index (χ1n) is 7.19. The van der Waals surface area contributed by atoms with E-state index in [0.717, 1.165) is 0 Å². The Hall–Kier alpha value is -3.36. The van der Waals surface area contributed by atoms with Crippen LogP contribution in [0, 0.1) is 17.5 Å². The highest BCUT2D eigenvalue weighted by molar-refractivity contribution is 5.97. The minimum Gasteiger partial charge on any atom is -0.480 e. The highest BCUT2D eigenvalue weighted by Gasteiger charge is 2.25. The van der Waals surface area contributed by atoms with Crippen molar-refractivity contribution in [3.63, 3.8) is 0 Å². The highest BCUT2D eigenvalue weighted by Crippen LogP contribution is 2.15. The van der Waals surface area contributed by atoms with Gasteiger partial charge in [-0.15, -0.1) is 0 Å². The van der Waals surface area contributed by atoms with Crippen molar-refractivity contribution in [3.05, 3.63) is 70.5 Å². The number of benzene rings is 2. The summed E-state index contributed by atoms with van der Waals surface area (Å²) < 4.78 is 40.1. The Kier molecular flexibility index (Phi) is 5.61. The molecule has 0 fully saturated rings. The molecule has 0 unspecified atom stereocenters. The number of amides is 1. The third-order valence-electron chi connectivity index (χ3n) is 3.48. The van der Waals surface area contributed by atoms with Gasteiger partial charge in [0.05, 0.1) is 5.56 Å². The van der Waals surface area contributed by atoms with Gasteiger partial charge in [0.1, 0.15) is 29.1 Å². The van der Waals surface area contributed by atoms with Crippen LogP contribution in [0.3, 0.4) is 0 Å². The zero-order valence-corrected chi connectivity index (χ0v) is 13.0. The van der Waals surface area contributed by atoms with E-state index in [2.05, 4.69) is 0 Å². The van der Waals surface area contributed by atoms with Crippen molar-refractivity contribution < 1.29 is 37.8 Å². The average molecular weight is 367 g/mol. The van der Waals surface area contributed by atoms with Crippen LogP contribution in [0.1, 0.15) is 26.3 Å². The summed E-state index contributed by atoms with van der Waals surface area (Å²) in [6, 6.07) is 4.27. The first kappa shape index (κ1) is 19.0. The molecule has 0 radical (unpaired) electrons. The van der Waals surface area contributed by atoms with Crippen molar-refractivity contribution in [2.75, 3.05) is 0 Å². The lowest BCUT2D eigenvalue weighted by Crippen LogP contribution is -2.43. The summed E-state index contributed by atoms with van der Waals surface area (Å²) in [6.45, 7) is 0. The van der Waals surface area contributed by atoms with E-state index in [1.54, 1.807) is 0 Å². The van der Waals surface area contributed by atoms with Crippen molar-refractivity contribution >= 4 is 17.8 Å². The van der Waals surface area contributed by atoms with Gasteiger partial charge in [0.2, 0.25) is 0 Å². The first-order valence-corrected chi connectivity index (χ1v) is 7.19. The van der Waals surface area contributed by atoms with Crippen molar-refractivity contribution in [1.82, 2.24) is 5.32 Å². The number of aromatic carboxylic acids is 1. The van der Waals surface area contributed by atoms with Crippen molar-refractivity contribution in [3.8, 4) is 0 Å². The number of carboxylic acids is 2. The van der Waals surface area contributed by atoms with E-state index in [1.807, 2.05) is 5.32 Å². The summed E-state index contributed by atoms with van der Waals surface area (Å²) in [4.78, 5) is 34.1. The molecule has 2 aromatic carbocycles. The van der Waals surface area contributed by atoms with Gasteiger partial charge in [-0.05, 0) is 17.7 Å². The third kappa shape index (κ3) is 4.38. The van der Waals surface area contributed by atoms with Crippen LogP contribution in [0.2, 0.25) is 0 Å². The number of rotatable bonds is 6. The molecule has 0 saturated carbocycles. The van der Waals surface area contributed by atoms with Crippen LogP contribution in [0.25, 0.3) is 0 Å². The van der Waals surface area contributed by atoms with E-state index in [0.29, 0.717) is 17.7 Å². The summed E-state index contributed by atoms with van der Waals surface area (Å²) in [5.74, 6) is -8.13. The van der Waals surface area contributed by atoms with Gasteiger partial charge in [-0.2, -0.15) is 0 Å². The van der Waals surface area contributed by atoms with Crippen LogP contribution >= 0.6 is 0 Å². The molecule has 136 valence electrons. The molecule has 0 aliphatic heterocycles. The largest absolute Gasteiger partial charge is 0.480 e. The number of aliphatic carboxylic acids is 1. The number of nitrogens with one attached hydrogen (secondary N) is 1. The standard InChI is InChI=1S/C17H12F3NO5/c18-10-6-11(19)14(12(20)7-10)15(22)21-13(17(25)26)5-8-1-3-9(4-2-8)16(23)24/h1-4,6-7,13H,5H2,(H,21,22)(H,23,24)(H,25,26)/t13-/m0/s1. The second-order valence-corrected chi connectivity index (χ2v) is 5.31. The van der Waals surface area contributed by atoms with Crippen molar-refractivity contribution in [2.45, 2.75) is 12.5 Å². The highest BCUT2D eigenvalue weighted by atomic mass is 19.1. The maximum atomic E-state index is 13.6. The quantitative estimate of drug-likeness (QED) is 0.726. The Morgan fingerprint density at radius 2 is 1.50 bits per heavy atom. The number of carboxylic acid groups (broad SMARTS) is 2. The number of carbonyl (C=O) groups is 3. The van der Waals surface area contributed by atoms with Gasteiger partial charge in [-0.3, -0.25) is 4.79 Å². The first-order chi connectivity index (χ1) is 12.2. The SMILES string of the molecule is O=C(O)c1ccc(C[C@H](NC(=O)c2c(F)cc(F)cc2F)C(=O)O)cc1. The maximum Gasteiger partial charge on any atom is 0.335 e. The Morgan fingerprint density at radius 3 is 1.96 bits per heavy atom. The molecule has 0 heterocycles. The Bertz CT molecular complexity index is 844. The normalized spacial score (nSPS) is 11.7. The molecule has 2 aromatic rings. The molecule has 1 amide bonds. The monoisotopic (exact) mass is 367 g/mol. The topological polar surface area (TPSA) is 104 Å². The summed E-state index contributed by atoms with van der Waals surface area (Å²) in [5, 5.41) is 20.0. The van der Waals surface area contributed by atoms with Crippen LogP contribution in [0.4, 0.5) is 13.2 Å². The van der Waals surface area contributed by atoms with Gasteiger partial charge in [-0.25, -0.2) is 22.8 Å². The van der Waals surface area contributed by atoms with Gasteiger partial charge >= 0.3 is 11.9 Å². The zero-order chi connectivity index (χ0) is 19.4. The molecule has 1 atom stereocenters. The summed E-state index contributed by atoms with van der Waals surface area (Å²) in [5.41, 5.74) is -0.734. The molecule has 9 heteroatoms. The number of halogens is 3. The Balaban J connectivity index is 2.19. The van der Waals surface area contributed by atoms with Gasteiger partial charge in [-0.1, -0.05) is 12.1 Å². The second-order valence-electron chi connectivity index (χ2n) is 5.31. The fourth-order valence-corrected chi connectivity index (χ4v) is 2.21. The number of hydrogen-bond acceptors (Lipinski definition) is 3. The fourth-order valence-electron chi connectivity index (χ4n) is 2.21.